The standard InChI is InChI=1S/C33H26BrClN4O5S/c1-2-43-29-15-24(27(34)16-30(29)44-18-20-3-5-23(6-4-20)32(41)42)17-36-39-31(40)22-9-7-21(8-10-22)28-19-45-33(38-28)37-26-13-11-25(35)12-14-26/h3-17,19H,2,18H2,1H3,(H,37,38)(H,39,40)(H,41,42)/b36-17-. The number of rotatable bonds is 12. The molecule has 0 aliphatic rings. The highest BCUT2D eigenvalue weighted by Gasteiger charge is 2.12. The molecule has 228 valence electrons. The van der Waals surface area contributed by atoms with Gasteiger partial charge in [-0.05, 0) is 89.1 Å². The number of carboxylic acid groups (broad SMARTS) is 1. The van der Waals surface area contributed by atoms with Gasteiger partial charge in [0.1, 0.15) is 6.61 Å². The van der Waals surface area contributed by atoms with Gasteiger partial charge in [0.2, 0.25) is 0 Å². The Kier molecular flexibility index (Phi) is 10.5. The molecule has 0 spiro atoms. The summed E-state index contributed by atoms with van der Waals surface area (Å²) in [5.41, 5.74) is 7.24. The first-order valence-corrected chi connectivity index (χ1v) is 15.7. The van der Waals surface area contributed by atoms with Gasteiger partial charge in [0.25, 0.3) is 5.91 Å². The molecule has 9 nitrogen and oxygen atoms in total. The molecule has 0 saturated carbocycles. The Balaban J connectivity index is 1.19. The van der Waals surface area contributed by atoms with Crippen LogP contribution in [0.15, 0.2) is 99.9 Å². The molecule has 0 saturated heterocycles. The normalized spacial score (nSPS) is 10.9. The van der Waals surface area contributed by atoms with Crippen molar-refractivity contribution in [1.82, 2.24) is 10.4 Å². The van der Waals surface area contributed by atoms with Gasteiger partial charge < -0.3 is 19.9 Å². The number of nitrogens with one attached hydrogen (secondary N) is 2. The molecule has 0 atom stereocenters. The van der Waals surface area contributed by atoms with Gasteiger partial charge in [-0.1, -0.05) is 35.9 Å². The fourth-order valence-electron chi connectivity index (χ4n) is 4.07. The maximum absolute atomic E-state index is 12.8. The molecule has 0 aliphatic carbocycles. The Labute approximate surface area is 276 Å². The van der Waals surface area contributed by atoms with Gasteiger partial charge in [-0.2, -0.15) is 5.10 Å². The largest absolute Gasteiger partial charge is 0.490 e. The summed E-state index contributed by atoms with van der Waals surface area (Å²) in [6, 6.07) is 24.5. The Bertz CT molecular complexity index is 1830. The highest BCUT2D eigenvalue weighted by Crippen LogP contribution is 2.34. The van der Waals surface area contributed by atoms with Crippen molar-refractivity contribution in [2.45, 2.75) is 13.5 Å². The Morgan fingerprint density at radius 1 is 0.978 bits per heavy atom. The quantitative estimate of drug-likeness (QED) is 0.0880. The molecule has 12 heteroatoms. The number of hydrogen-bond donors (Lipinski definition) is 3. The summed E-state index contributed by atoms with van der Waals surface area (Å²) in [7, 11) is 0. The fourth-order valence-corrected chi connectivity index (χ4v) is 5.36. The predicted octanol–water partition coefficient (Wildman–Crippen LogP) is 8.41. The minimum atomic E-state index is -0.985. The summed E-state index contributed by atoms with van der Waals surface area (Å²) in [6.45, 7) is 2.50. The van der Waals surface area contributed by atoms with Crippen LogP contribution in [0.5, 0.6) is 11.5 Å². The average molecular weight is 706 g/mol. The predicted molar refractivity (Wildman–Crippen MR) is 180 cm³/mol. The third kappa shape index (κ3) is 8.48. The van der Waals surface area contributed by atoms with Crippen molar-refractivity contribution in [3.8, 4) is 22.8 Å². The zero-order valence-corrected chi connectivity index (χ0v) is 26.9. The number of aromatic carboxylic acids is 1. The van der Waals surface area contributed by atoms with Gasteiger partial charge in [0, 0.05) is 37.3 Å². The van der Waals surface area contributed by atoms with E-state index in [-0.39, 0.29) is 18.1 Å². The first-order chi connectivity index (χ1) is 21.8. The molecule has 3 N–H and O–H groups in total. The topological polar surface area (TPSA) is 122 Å². The van der Waals surface area contributed by atoms with Crippen LogP contribution in [-0.2, 0) is 6.61 Å². The van der Waals surface area contributed by atoms with Crippen molar-refractivity contribution >= 4 is 67.8 Å². The summed E-state index contributed by atoms with van der Waals surface area (Å²) in [4.78, 5) is 28.5. The lowest BCUT2D eigenvalue weighted by molar-refractivity contribution is 0.0696. The fraction of sp³-hybridized carbons (Fsp3) is 0.0909. The SMILES string of the molecule is CCOc1cc(/C=N\NC(=O)c2ccc(-c3csc(Nc4ccc(Cl)cc4)n3)cc2)c(Br)cc1OCc1ccc(C(=O)O)cc1. The highest BCUT2D eigenvalue weighted by molar-refractivity contribution is 9.10. The summed E-state index contributed by atoms with van der Waals surface area (Å²) in [5, 5.41) is 19.8. The van der Waals surface area contributed by atoms with Crippen LogP contribution in [0.2, 0.25) is 5.02 Å². The minimum Gasteiger partial charge on any atom is -0.490 e. The van der Waals surface area contributed by atoms with E-state index in [1.165, 1.54) is 29.7 Å². The number of thiazole rings is 1. The number of benzene rings is 4. The number of ether oxygens (including phenoxy) is 2. The molecule has 0 unspecified atom stereocenters. The molecule has 0 aliphatic heterocycles. The summed E-state index contributed by atoms with van der Waals surface area (Å²) >= 11 is 11.0. The number of anilines is 2. The van der Waals surface area contributed by atoms with Crippen LogP contribution in [0, 0.1) is 0 Å². The molecule has 5 rings (SSSR count). The van der Waals surface area contributed by atoms with Crippen molar-refractivity contribution in [3.63, 3.8) is 0 Å². The molecular formula is C33H26BrClN4O5S. The van der Waals surface area contributed by atoms with Crippen LogP contribution >= 0.6 is 38.9 Å². The van der Waals surface area contributed by atoms with Crippen molar-refractivity contribution in [1.29, 1.82) is 0 Å². The van der Waals surface area contributed by atoms with Gasteiger partial charge in [0.05, 0.1) is 24.1 Å². The van der Waals surface area contributed by atoms with Gasteiger partial charge in [-0.25, -0.2) is 15.2 Å². The maximum atomic E-state index is 12.8. The van der Waals surface area contributed by atoms with Crippen LogP contribution in [0.25, 0.3) is 11.3 Å². The van der Waals surface area contributed by atoms with Crippen molar-refractivity contribution in [2.75, 3.05) is 11.9 Å². The van der Waals surface area contributed by atoms with E-state index < -0.39 is 5.97 Å². The molecule has 1 amide bonds. The van der Waals surface area contributed by atoms with E-state index in [0.29, 0.717) is 38.7 Å². The number of hydrazone groups is 1. The first kappa shape index (κ1) is 31.7. The maximum Gasteiger partial charge on any atom is 0.335 e. The van der Waals surface area contributed by atoms with E-state index in [9.17, 15) is 9.59 Å². The number of carbonyl (C=O) groups excluding carboxylic acids is 1. The minimum absolute atomic E-state index is 0.206. The number of halogens is 2. The molecule has 0 radical (unpaired) electrons. The van der Waals surface area contributed by atoms with E-state index >= 15 is 0 Å². The number of hydrogen-bond acceptors (Lipinski definition) is 8. The second-order valence-corrected chi connectivity index (χ2v) is 11.6. The lowest BCUT2D eigenvalue weighted by Gasteiger charge is -2.14. The zero-order chi connectivity index (χ0) is 31.8. The van der Waals surface area contributed by atoms with Gasteiger partial charge in [0.15, 0.2) is 16.6 Å². The highest BCUT2D eigenvalue weighted by atomic mass is 79.9. The Morgan fingerprint density at radius 2 is 1.67 bits per heavy atom. The van der Waals surface area contributed by atoms with Crippen molar-refractivity contribution < 1.29 is 24.2 Å². The van der Waals surface area contributed by atoms with Gasteiger partial charge >= 0.3 is 5.97 Å². The molecule has 5 aromatic rings. The molecule has 45 heavy (non-hydrogen) atoms. The summed E-state index contributed by atoms with van der Waals surface area (Å²) in [5.74, 6) is -0.349. The van der Waals surface area contributed by atoms with Gasteiger partial charge in [-0.15, -0.1) is 11.3 Å². The molecule has 4 aromatic carbocycles. The lowest BCUT2D eigenvalue weighted by Crippen LogP contribution is -2.17. The number of amides is 1. The van der Waals surface area contributed by atoms with Crippen LogP contribution < -0.4 is 20.2 Å². The van der Waals surface area contributed by atoms with Gasteiger partial charge in [-0.3, -0.25) is 4.79 Å². The summed E-state index contributed by atoms with van der Waals surface area (Å²) < 4.78 is 12.4. The first-order valence-electron chi connectivity index (χ1n) is 13.6. The summed E-state index contributed by atoms with van der Waals surface area (Å²) in [6.07, 6.45) is 1.51. The third-order valence-corrected chi connectivity index (χ3v) is 8.07. The second-order valence-electron chi connectivity index (χ2n) is 9.49. The number of carboxylic acids is 1. The van der Waals surface area contributed by atoms with Crippen molar-refractivity contribution in [3.05, 3.63) is 122 Å². The second kappa shape index (κ2) is 14.8. The zero-order valence-electron chi connectivity index (χ0n) is 23.8. The van der Waals surface area contributed by atoms with E-state index in [4.69, 9.17) is 26.2 Å². The third-order valence-electron chi connectivity index (χ3n) is 6.37. The number of nitrogens with zero attached hydrogens (tertiary/aromatic N) is 2. The molecule has 0 fully saturated rings. The molecule has 1 heterocycles. The van der Waals surface area contributed by atoms with E-state index in [1.54, 1.807) is 36.4 Å². The van der Waals surface area contributed by atoms with Crippen molar-refractivity contribution in [2.24, 2.45) is 5.10 Å². The van der Waals surface area contributed by atoms with Crippen LogP contribution in [0.4, 0.5) is 10.8 Å². The Hall–Kier alpha value is -4.71. The van der Waals surface area contributed by atoms with E-state index in [2.05, 4.69) is 36.8 Å². The lowest BCUT2D eigenvalue weighted by atomic mass is 10.1. The number of aromatic nitrogens is 1. The molecule has 0 bridgehead atoms. The molecule has 1 aromatic heterocycles. The van der Waals surface area contributed by atoms with Crippen LogP contribution in [-0.4, -0.2) is 34.8 Å². The average Bonchev–Trinajstić information content (AvgIpc) is 3.51. The van der Waals surface area contributed by atoms with E-state index in [1.807, 2.05) is 48.7 Å². The van der Waals surface area contributed by atoms with Crippen LogP contribution in [0.1, 0.15) is 38.8 Å². The monoisotopic (exact) mass is 704 g/mol. The molecular weight excluding hydrogens is 680 g/mol. The van der Waals surface area contributed by atoms with Crippen LogP contribution in [0.3, 0.4) is 0 Å². The smallest absolute Gasteiger partial charge is 0.335 e. The number of carbonyl (C=O) groups is 2. The Morgan fingerprint density at radius 3 is 2.36 bits per heavy atom. The van der Waals surface area contributed by atoms with E-state index in [0.717, 1.165) is 27.6 Å².